The number of carbonyl (C=O) groups excluding carboxylic acids is 3. The minimum Gasteiger partial charge on any atom is -0.497 e. The number of carbonyl (C=O) groups is 3. The van der Waals surface area contributed by atoms with Crippen LogP contribution in [0.25, 0.3) is 54.5 Å². The molecule has 5 aliphatic heterocycles. The molecular weight excluding hydrogens is 1820 g/mol. The maximum atomic E-state index is 14.0. The van der Waals surface area contributed by atoms with E-state index in [9.17, 15) is 28.9 Å². The number of rotatable bonds is 14. The van der Waals surface area contributed by atoms with Gasteiger partial charge >= 0.3 is 12.2 Å². The molecule has 0 radical (unpaired) electrons. The average Bonchev–Trinajstić information content (AvgIpc) is 1.64. The van der Waals surface area contributed by atoms with Crippen molar-refractivity contribution in [2.75, 3.05) is 80.0 Å². The van der Waals surface area contributed by atoms with E-state index in [4.69, 9.17) is 59.1 Å². The van der Waals surface area contributed by atoms with Gasteiger partial charge in [-0.05, 0) is 225 Å². The Morgan fingerprint density at radius 3 is 1.70 bits per heavy atom. The molecule has 6 aliphatic rings. The number of halogens is 6. The van der Waals surface area contributed by atoms with Gasteiger partial charge in [-0.1, -0.05) is 134 Å². The number of H-pyrrole nitrogens is 5. The van der Waals surface area contributed by atoms with E-state index in [1.165, 1.54) is 93.9 Å². The van der Waals surface area contributed by atoms with Crippen LogP contribution in [0, 0.1) is 15.9 Å². The van der Waals surface area contributed by atoms with Gasteiger partial charge in [-0.15, -0.1) is 0 Å². The van der Waals surface area contributed by atoms with E-state index in [2.05, 4.69) is 144 Å². The Kier molecular flexibility index (Phi) is 28.6. The molecule has 1 fully saturated rings. The third-order valence-corrected chi connectivity index (χ3v) is 26.2. The first-order chi connectivity index (χ1) is 59.7. The van der Waals surface area contributed by atoms with E-state index < -0.39 is 0 Å². The van der Waals surface area contributed by atoms with Crippen LogP contribution in [0.1, 0.15) is 156 Å². The third kappa shape index (κ3) is 19.7. The number of hydrogen-bond acceptors (Lipinski definition) is 12. The number of nitrogens with one attached hydrogen (secondary N) is 7. The third-order valence-electron chi connectivity index (χ3n) is 23.9. The summed E-state index contributed by atoms with van der Waals surface area (Å²) in [5.41, 5.74) is 20.3. The van der Waals surface area contributed by atoms with Crippen LogP contribution in [-0.4, -0.2) is 159 Å². The van der Waals surface area contributed by atoms with Crippen molar-refractivity contribution in [2.24, 2.45) is 0 Å². The van der Waals surface area contributed by atoms with Crippen LogP contribution in [0.2, 0.25) is 10.0 Å². The van der Waals surface area contributed by atoms with E-state index in [1.807, 2.05) is 109 Å². The van der Waals surface area contributed by atoms with Crippen LogP contribution < -0.4 is 15.4 Å². The molecule has 8 aromatic carbocycles. The number of fused-ring (bicyclic) bond motifs is 15. The van der Waals surface area contributed by atoms with Gasteiger partial charge < -0.3 is 73.9 Å². The van der Waals surface area contributed by atoms with Crippen molar-refractivity contribution in [3.63, 3.8) is 0 Å². The average molecular weight is 1920 g/mol. The highest BCUT2D eigenvalue weighted by molar-refractivity contribution is 9.11. The van der Waals surface area contributed by atoms with Crippen LogP contribution in [0.5, 0.6) is 5.75 Å². The Hall–Kier alpha value is -9.81. The second kappa shape index (κ2) is 40.0. The molecular formula is C94H98Br3Cl2FN12O10S. The summed E-state index contributed by atoms with van der Waals surface area (Å²) in [6.45, 7) is 11.8. The minimum absolute atomic E-state index is 0.0143. The number of aromatic amines is 5. The summed E-state index contributed by atoms with van der Waals surface area (Å²) in [5.74, 6) is 0.611. The van der Waals surface area contributed by atoms with Crippen LogP contribution in [0.4, 0.5) is 19.7 Å². The van der Waals surface area contributed by atoms with Gasteiger partial charge in [0.1, 0.15) is 18.2 Å². The zero-order valence-corrected chi connectivity index (χ0v) is 76.1. The van der Waals surface area contributed by atoms with Crippen molar-refractivity contribution in [3.05, 3.63) is 276 Å². The number of non-ortho nitro benzene ring substituents is 1. The summed E-state index contributed by atoms with van der Waals surface area (Å²) in [6, 6.07) is 52.4. The van der Waals surface area contributed by atoms with Gasteiger partial charge in [-0.25, -0.2) is 14.0 Å². The normalized spacial score (nSPS) is 17.2. The molecule has 4 atom stereocenters. The molecule has 0 bridgehead atoms. The van der Waals surface area contributed by atoms with Crippen molar-refractivity contribution in [2.45, 2.75) is 128 Å². The zero-order chi connectivity index (χ0) is 86.1. The number of aromatic nitrogens is 5. The Morgan fingerprint density at radius 1 is 0.553 bits per heavy atom. The summed E-state index contributed by atoms with van der Waals surface area (Å²) in [7, 11) is 3.30. The standard InChI is InChI=1S/C25H28FN3OS.C22H22Br2N2O3.C17H14ClN3O2.C16H19ClN2O2.C14H15BrN2O2/c1-30-19-10-7-16(8-11-19)24-23-20(21-15-17(26)9-12-22(21)28-23)13-14-29(24)25(31)27-18-5-3-2-4-6-18;1-28-10-11-29-13-20(27)26-9-8-17-18-12-16(24)6-7-19(18)25-21(17)22(26)14-2-4-15(23)5-3-14;18-11-4-5-15-14(9-11)13-6-7-19-16(17(13)20-15)10-2-1-3-12(8-10)21(22)23;1-3-14-15-11(7-8-19(14)16(20)21-4-2)12-9-10(17)5-6-13(12)18-15;1-2-19-14(18)17-6-5-13-11(8-17)10-7-9(15)3-4-12(10)16-13/h7-12,15,18,24,28H,2-6,13-14H2,1H3,(H,27,31);2-7,12,22,25H,8-11,13H2,1H3;1-5,8-9,16,19-20H,6-7H2;5-6,9,14,18H,3-4,7-8H2,1-2H3;3-4,7,16H,2,5-6,8H2,1H3. The lowest BCUT2D eigenvalue weighted by Gasteiger charge is -2.39. The van der Waals surface area contributed by atoms with Crippen LogP contribution >= 0.6 is 83.2 Å². The number of ether oxygens (including phenoxy) is 5. The molecule has 13 aromatic rings. The van der Waals surface area contributed by atoms with Crippen LogP contribution in [-0.2, 0) is 62.4 Å². The number of hydrogen-bond donors (Lipinski definition) is 7. The molecule has 1 aliphatic carbocycles. The van der Waals surface area contributed by atoms with Gasteiger partial charge in [-0.3, -0.25) is 19.8 Å². The first-order valence-electron chi connectivity index (χ1n) is 41.8. The lowest BCUT2D eigenvalue weighted by Crippen LogP contribution is -2.49. The Balaban J connectivity index is 0.000000121. The molecule has 10 heterocycles. The fourth-order valence-electron chi connectivity index (χ4n) is 18.1. The highest BCUT2D eigenvalue weighted by Crippen LogP contribution is 2.44. The van der Waals surface area contributed by atoms with Gasteiger partial charge in [0, 0.05) is 176 Å². The predicted octanol–water partition coefficient (Wildman–Crippen LogP) is 22.0. The Labute approximate surface area is 753 Å². The molecule has 4 unspecified atom stereocenters. The number of amides is 3. The summed E-state index contributed by atoms with van der Waals surface area (Å²) < 4.78 is 43.2. The maximum Gasteiger partial charge on any atom is 0.410 e. The number of thiocarbonyl (C=S) groups is 1. The van der Waals surface area contributed by atoms with Gasteiger partial charge in [0.05, 0.1) is 69.2 Å². The fourth-order valence-corrected chi connectivity index (χ4v) is 19.8. The summed E-state index contributed by atoms with van der Waals surface area (Å²) in [4.78, 5) is 72.9. The van der Waals surface area contributed by atoms with E-state index in [0.29, 0.717) is 63.7 Å². The summed E-state index contributed by atoms with van der Waals surface area (Å²) in [5, 5.41) is 26.0. The monoisotopic (exact) mass is 1910 g/mol. The quantitative estimate of drug-likeness (QED) is 0.0231. The predicted molar refractivity (Wildman–Crippen MR) is 497 cm³/mol. The van der Waals surface area contributed by atoms with Gasteiger partial charge in [0.2, 0.25) is 5.91 Å². The molecule has 5 aromatic heterocycles. The molecule has 29 heteroatoms. The molecule has 0 spiro atoms. The second-order valence-electron chi connectivity index (χ2n) is 31.3. The maximum absolute atomic E-state index is 14.0. The topological polar surface area (TPSA) is 256 Å². The molecule has 7 N–H and O–H groups in total. The molecule has 642 valence electrons. The number of nitro benzene ring substituents is 1. The molecule has 3 amide bonds. The fraction of sp³-hybridized carbons (Fsp3) is 0.340. The van der Waals surface area contributed by atoms with E-state index >= 15 is 0 Å². The summed E-state index contributed by atoms with van der Waals surface area (Å²) in [6.07, 6.45) is 10.8. The molecule has 19 rings (SSSR count). The number of nitrogens with zero attached hydrogens (tertiary/aromatic N) is 5. The Morgan fingerprint density at radius 2 is 1.08 bits per heavy atom. The van der Waals surface area contributed by atoms with Crippen LogP contribution in [0.15, 0.2) is 177 Å². The number of benzene rings is 8. The van der Waals surface area contributed by atoms with Crippen molar-refractivity contribution < 1.29 is 47.4 Å². The van der Waals surface area contributed by atoms with Crippen molar-refractivity contribution in [3.8, 4) is 5.75 Å². The number of nitro groups is 1. The lowest BCUT2D eigenvalue weighted by atomic mass is 9.92. The van der Waals surface area contributed by atoms with Gasteiger partial charge in [0.25, 0.3) is 5.69 Å². The first kappa shape index (κ1) is 88.1. The highest BCUT2D eigenvalue weighted by Gasteiger charge is 2.38. The smallest absolute Gasteiger partial charge is 0.410 e. The summed E-state index contributed by atoms with van der Waals surface area (Å²) >= 11 is 28.7. The molecule has 1 saturated carbocycles. The van der Waals surface area contributed by atoms with Crippen LogP contribution in [0.3, 0.4) is 0 Å². The van der Waals surface area contributed by atoms with E-state index in [-0.39, 0.29) is 65.3 Å². The molecule has 0 saturated heterocycles. The highest BCUT2D eigenvalue weighted by atomic mass is 79.9. The SMILES string of the molecule is CCOC(=O)N1CCc2[nH]c3ccc(Br)cc3c2C1.CCOC(=O)N1CCc2c([nH]c3ccc(Cl)cc23)C1CC.COCCOCC(=O)N1CCc2c([nH]c3ccc(Br)cc23)C1c1ccc(Br)cc1.COc1ccc(C2c3[nH]c4ccc(F)cc4c3CCN2C(=S)NC2CCCCC2)cc1.O=[N+]([O-])c1cccc(C2NCCc3c2[nH]c2ccc(Cl)cc32)c1. The largest absolute Gasteiger partial charge is 0.497 e. The van der Waals surface area contributed by atoms with Crippen molar-refractivity contribution >= 4 is 167 Å². The van der Waals surface area contributed by atoms with Crippen molar-refractivity contribution in [1.82, 2.24) is 55.2 Å². The van der Waals surface area contributed by atoms with Gasteiger partial charge in [-0.2, -0.15) is 0 Å². The number of methoxy groups -OCH3 is 2. The van der Waals surface area contributed by atoms with Crippen molar-refractivity contribution in [1.29, 1.82) is 0 Å². The molecule has 123 heavy (non-hydrogen) atoms. The second-order valence-corrected chi connectivity index (χ2v) is 35.3. The van der Waals surface area contributed by atoms with E-state index in [1.54, 1.807) is 37.3 Å². The first-order valence-corrected chi connectivity index (χ1v) is 45.4. The zero-order valence-electron chi connectivity index (χ0n) is 69.0. The van der Waals surface area contributed by atoms with E-state index in [0.717, 1.165) is 159 Å². The lowest BCUT2D eigenvalue weighted by molar-refractivity contribution is -0.384. The Bertz CT molecular complexity index is 6010. The molecule has 22 nitrogen and oxygen atoms in total. The minimum atomic E-state index is -0.363. The van der Waals surface area contributed by atoms with Gasteiger partial charge in [0.15, 0.2) is 5.11 Å².